The first-order chi connectivity index (χ1) is 6.38. The van der Waals surface area contributed by atoms with E-state index in [1.807, 2.05) is 24.3 Å². The van der Waals surface area contributed by atoms with Crippen molar-refractivity contribution in [2.24, 2.45) is 4.99 Å². The first-order valence-corrected chi connectivity index (χ1v) is 4.94. The Balaban J connectivity index is 2.92. The minimum atomic E-state index is 0.421. The number of aliphatic imine (C=N–C) groups is 1. The molecule has 0 N–H and O–H groups in total. The molecule has 0 aromatic heterocycles. The summed E-state index contributed by atoms with van der Waals surface area (Å²) in [6.07, 6.45) is 0. The summed E-state index contributed by atoms with van der Waals surface area (Å²) in [7, 11) is 0. The van der Waals surface area contributed by atoms with Crippen LogP contribution >= 0.6 is 24.0 Å². The third-order valence-electron chi connectivity index (χ3n) is 1.32. The van der Waals surface area contributed by atoms with Gasteiger partial charge in [-0.2, -0.15) is 10.3 Å². The molecule has 1 rings (SSSR count). The van der Waals surface area contributed by atoms with E-state index in [-0.39, 0.29) is 0 Å². The van der Waals surface area contributed by atoms with Gasteiger partial charge in [-0.1, -0.05) is 12.1 Å². The minimum absolute atomic E-state index is 0.421. The Hall–Kier alpha value is -1.14. The molecule has 1 aromatic rings. The summed E-state index contributed by atoms with van der Waals surface area (Å²) in [5, 5.41) is 10.7. The monoisotopic (exact) mass is 206 g/mol. The van der Waals surface area contributed by atoms with E-state index in [9.17, 15) is 0 Å². The van der Waals surface area contributed by atoms with E-state index in [4.69, 9.17) is 5.26 Å². The van der Waals surface area contributed by atoms with Crippen LogP contribution in [0.4, 0.5) is 5.69 Å². The van der Waals surface area contributed by atoms with Gasteiger partial charge in [0.25, 0.3) is 0 Å². The average Bonchev–Trinajstić information content (AvgIpc) is 2.17. The van der Waals surface area contributed by atoms with Crippen molar-refractivity contribution in [2.45, 2.75) is 4.90 Å². The fourth-order valence-electron chi connectivity index (χ4n) is 0.831. The van der Waals surface area contributed by atoms with E-state index in [0.717, 1.165) is 10.6 Å². The van der Waals surface area contributed by atoms with Crippen molar-refractivity contribution < 1.29 is 0 Å². The number of hydrogen-bond donors (Lipinski definition) is 0. The van der Waals surface area contributed by atoms with Gasteiger partial charge in [0.05, 0.1) is 22.7 Å². The van der Waals surface area contributed by atoms with Gasteiger partial charge in [0, 0.05) is 4.90 Å². The molecule has 0 aliphatic heterocycles. The molecule has 2 nitrogen and oxygen atoms in total. The van der Waals surface area contributed by atoms with Crippen LogP contribution in [0.5, 0.6) is 0 Å². The Morgan fingerprint density at radius 3 is 2.92 bits per heavy atom. The van der Waals surface area contributed by atoms with Gasteiger partial charge in [-0.3, -0.25) is 0 Å². The highest BCUT2D eigenvalue weighted by atomic mass is 32.2. The third-order valence-corrected chi connectivity index (χ3v) is 2.34. The molecule has 64 valence electrons. The number of thioether (sulfide) groups is 1. The number of rotatable bonds is 3. The molecule has 0 aliphatic carbocycles. The summed E-state index contributed by atoms with van der Waals surface area (Å²) in [5.41, 5.74) is 0.776. The molecule has 1 aromatic carbocycles. The zero-order chi connectivity index (χ0) is 9.52. The molecule has 4 heteroatoms. The molecule has 13 heavy (non-hydrogen) atoms. The molecule has 0 heterocycles. The van der Waals surface area contributed by atoms with Gasteiger partial charge < -0.3 is 0 Å². The summed E-state index contributed by atoms with van der Waals surface area (Å²) >= 11 is 5.96. The van der Waals surface area contributed by atoms with Crippen LogP contribution in [0.25, 0.3) is 0 Å². The lowest BCUT2D eigenvalue weighted by atomic mass is 10.3. The van der Waals surface area contributed by atoms with E-state index in [2.05, 4.69) is 28.4 Å². The van der Waals surface area contributed by atoms with Crippen molar-refractivity contribution in [3.05, 3.63) is 24.3 Å². The van der Waals surface area contributed by atoms with Gasteiger partial charge in [-0.05, 0) is 24.4 Å². The quantitative estimate of drug-likeness (QED) is 0.433. The number of hydrogen-bond acceptors (Lipinski definition) is 4. The number of benzene rings is 1. The second-order valence-electron chi connectivity index (χ2n) is 2.12. The molecule has 0 unspecified atom stereocenters. The van der Waals surface area contributed by atoms with Crippen molar-refractivity contribution >= 4 is 34.8 Å². The lowest BCUT2D eigenvalue weighted by Crippen LogP contribution is -1.74. The van der Waals surface area contributed by atoms with Gasteiger partial charge in [-0.15, -0.1) is 11.8 Å². The van der Waals surface area contributed by atoms with Crippen LogP contribution in [0, 0.1) is 11.3 Å². The van der Waals surface area contributed by atoms with Gasteiger partial charge in [0.2, 0.25) is 0 Å². The highest BCUT2D eigenvalue weighted by Gasteiger charge is 1.98. The van der Waals surface area contributed by atoms with E-state index >= 15 is 0 Å². The zero-order valence-corrected chi connectivity index (χ0v) is 8.36. The van der Waals surface area contributed by atoms with Crippen molar-refractivity contribution in [1.29, 1.82) is 5.26 Å². The topological polar surface area (TPSA) is 36.1 Å². The molecule has 0 fully saturated rings. The maximum Gasteiger partial charge on any atom is 0.0875 e. The van der Waals surface area contributed by atoms with Crippen LogP contribution in [-0.4, -0.2) is 10.9 Å². The van der Waals surface area contributed by atoms with Crippen molar-refractivity contribution in [3.8, 4) is 6.07 Å². The number of para-hydroxylation sites is 1. The zero-order valence-electron chi connectivity index (χ0n) is 6.73. The molecule has 0 bridgehead atoms. The number of isothiocyanates is 1. The first-order valence-electron chi connectivity index (χ1n) is 3.55. The van der Waals surface area contributed by atoms with E-state index in [1.54, 1.807) is 0 Å². The Morgan fingerprint density at radius 1 is 1.46 bits per heavy atom. The highest BCUT2D eigenvalue weighted by Crippen LogP contribution is 2.28. The molecule has 0 radical (unpaired) electrons. The van der Waals surface area contributed by atoms with Crippen LogP contribution in [0.15, 0.2) is 34.2 Å². The van der Waals surface area contributed by atoms with E-state index < -0.39 is 0 Å². The SMILES string of the molecule is N#CCSc1ccccc1N=C=S. The lowest BCUT2D eigenvalue weighted by molar-refractivity contribution is 1.38. The standard InChI is InChI=1S/C9H6N2S2/c10-5-6-13-9-4-2-1-3-8(9)11-7-12/h1-4H,6H2. The Morgan fingerprint density at radius 2 is 2.23 bits per heavy atom. The van der Waals surface area contributed by atoms with Crippen LogP contribution in [-0.2, 0) is 0 Å². The van der Waals surface area contributed by atoms with E-state index in [0.29, 0.717) is 5.75 Å². The predicted octanol–water partition coefficient (Wildman–Crippen LogP) is 3.04. The summed E-state index contributed by atoms with van der Waals surface area (Å²) in [6, 6.07) is 9.60. The maximum atomic E-state index is 8.41. The molecule has 0 atom stereocenters. The minimum Gasteiger partial charge on any atom is -0.197 e. The number of thiocarbonyl (C=S) groups is 1. The van der Waals surface area contributed by atoms with Crippen molar-refractivity contribution in [1.82, 2.24) is 0 Å². The summed E-state index contributed by atoms with van der Waals surface area (Å²) in [5.74, 6) is 0.421. The molecule has 0 saturated heterocycles. The van der Waals surface area contributed by atoms with Gasteiger partial charge in [-0.25, -0.2) is 0 Å². The molecule has 0 spiro atoms. The third kappa shape index (κ3) is 3.00. The second-order valence-corrected chi connectivity index (χ2v) is 3.32. The Labute approximate surface area is 86.3 Å². The highest BCUT2D eigenvalue weighted by molar-refractivity contribution is 7.99. The molecular weight excluding hydrogens is 200 g/mol. The van der Waals surface area contributed by atoms with Gasteiger partial charge in [0.15, 0.2) is 0 Å². The second kappa shape index (κ2) is 5.50. The van der Waals surface area contributed by atoms with Crippen LogP contribution in [0.3, 0.4) is 0 Å². The summed E-state index contributed by atoms with van der Waals surface area (Å²) in [4.78, 5) is 4.85. The smallest absolute Gasteiger partial charge is 0.0875 e. The predicted molar refractivity (Wildman–Crippen MR) is 57.5 cm³/mol. The van der Waals surface area contributed by atoms with Gasteiger partial charge in [0.1, 0.15) is 0 Å². The lowest BCUT2D eigenvalue weighted by Gasteiger charge is -1.99. The number of nitriles is 1. The van der Waals surface area contributed by atoms with Crippen LogP contribution in [0.2, 0.25) is 0 Å². The Bertz CT molecular complexity index is 375. The maximum absolute atomic E-state index is 8.41. The summed E-state index contributed by atoms with van der Waals surface area (Å²) in [6.45, 7) is 0. The van der Waals surface area contributed by atoms with Crippen molar-refractivity contribution in [3.63, 3.8) is 0 Å². The molecular formula is C9H6N2S2. The normalized spacial score (nSPS) is 8.54. The molecule has 0 saturated carbocycles. The number of nitrogens with zero attached hydrogens (tertiary/aromatic N) is 2. The van der Waals surface area contributed by atoms with Crippen molar-refractivity contribution in [2.75, 3.05) is 5.75 Å². The molecule has 0 aliphatic rings. The Kier molecular flexibility index (Phi) is 4.20. The van der Waals surface area contributed by atoms with E-state index in [1.165, 1.54) is 11.8 Å². The van der Waals surface area contributed by atoms with Gasteiger partial charge >= 0.3 is 0 Å². The molecule has 0 amide bonds. The fraction of sp³-hybridized carbons (Fsp3) is 0.111. The summed E-state index contributed by atoms with van der Waals surface area (Å²) < 4.78 is 0. The first kappa shape index (κ1) is 9.94. The largest absolute Gasteiger partial charge is 0.197 e. The van der Waals surface area contributed by atoms with Crippen LogP contribution in [0.1, 0.15) is 0 Å². The van der Waals surface area contributed by atoms with Crippen LogP contribution < -0.4 is 0 Å². The fourth-order valence-corrected chi connectivity index (χ4v) is 1.59. The average molecular weight is 206 g/mol.